The van der Waals surface area contributed by atoms with Crippen LogP contribution in [0.4, 0.5) is 158 Å². The smallest absolute Gasteiger partial charge is 0.267 e. The zero-order chi connectivity index (χ0) is 65.1. The van der Waals surface area contributed by atoms with Crippen LogP contribution < -0.4 is 0 Å². The minimum Gasteiger partial charge on any atom is -0.267 e. The van der Waals surface area contributed by atoms with Gasteiger partial charge in [0.25, 0.3) is 40.5 Å². The first kappa shape index (κ1) is 77.1. The van der Waals surface area contributed by atoms with E-state index >= 15 is 0 Å². The molecule has 0 aliphatic carbocycles. The Morgan fingerprint density at radius 1 is 0.237 bits per heavy atom. The molecule has 0 spiro atoms. The van der Waals surface area contributed by atoms with E-state index in [0.717, 1.165) is 0 Å². The van der Waals surface area contributed by atoms with Crippen LogP contribution in [0.2, 0.25) is 0 Å². The summed E-state index contributed by atoms with van der Waals surface area (Å²) in [6.45, 7) is -6.57. The van der Waals surface area contributed by atoms with Crippen LogP contribution in [0.25, 0.3) is 0 Å². The second-order valence-corrected chi connectivity index (χ2v) is 22.2. The van der Waals surface area contributed by atoms with E-state index in [-0.39, 0.29) is 0 Å². The molecule has 0 aromatic rings. The highest BCUT2D eigenvalue weighted by Gasteiger charge is 2.84. The third-order valence-corrected chi connectivity index (χ3v) is 14.2. The highest BCUT2D eigenvalue weighted by Crippen LogP contribution is 2.58. The maximum Gasteiger partial charge on any atom is 0.460 e. The van der Waals surface area contributed by atoms with Gasteiger partial charge in [-0.15, -0.1) is 0 Å². The van der Waals surface area contributed by atoms with Gasteiger partial charge < -0.3 is 0 Å². The van der Waals surface area contributed by atoms with Crippen LogP contribution in [0.15, 0.2) is 0 Å². The molecule has 2 atom stereocenters. The van der Waals surface area contributed by atoms with Gasteiger partial charge >= 0.3 is 95.8 Å². The summed E-state index contributed by atoms with van der Waals surface area (Å²) in [5, 5.41) is 0. The molecular weight excluding hydrogens is 1340 g/mol. The summed E-state index contributed by atoms with van der Waals surface area (Å²) in [6, 6.07) is 0. The van der Waals surface area contributed by atoms with Gasteiger partial charge in [0.15, 0.2) is 0 Å². The van der Waals surface area contributed by atoms with E-state index in [0.29, 0.717) is 0 Å². The zero-order valence-corrected chi connectivity index (χ0v) is 39.6. The summed E-state index contributed by atoms with van der Waals surface area (Å²) in [7, 11) is -28.1. The highest BCUT2D eigenvalue weighted by molar-refractivity contribution is 7.87. The molecule has 12 nitrogen and oxygen atoms in total. The summed E-state index contributed by atoms with van der Waals surface area (Å²) in [5.74, 6) is -105. The topological polar surface area (TPSA) is 173 Å². The third kappa shape index (κ3) is 16.3. The lowest BCUT2D eigenvalue weighted by Gasteiger charge is -2.34. The molecule has 2 unspecified atom stereocenters. The van der Waals surface area contributed by atoms with Crippen molar-refractivity contribution in [3.05, 3.63) is 0 Å². The van der Waals surface area contributed by atoms with Crippen LogP contribution in [0.3, 0.4) is 0 Å². The monoisotopic (exact) mass is 1360 g/mol. The first-order chi connectivity index (χ1) is 34.2. The Balaban J connectivity index is 8.05. The van der Waals surface area contributed by atoms with Crippen molar-refractivity contribution in [3.8, 4) is 0 Å². The van der Waals surface area contributed by atoms with Gasteiger partial charge in [-0.25, -0.2) is 0 Å². The SMILES string of the molecule is O=S(=O)(CCC(F)(F)C(F)(F)C(F)(F)C(F)(F)F)OCC(OS(=O)(=O)CCC(F)(F)C(F)(F)C(F)(F)C(F)(F)F)C(COS(=O)(=O)CCC(F)(F)C(F)(F)C(F)(F)C(F)(F)F)OS(=O)(=O)CCC(F)(F)C(F)(F)C(F)(F)C(F)(F)F. The molecular formula is C28H22F36O12S4. The molecule has 0 radical (unpaired) electrons. The molecule has 80 heavy (non-hydrogen) atoms. The number of hydrogen-bond donors (Lipinski definition) is 0. The number of alkyl halides is 36. The van der Waals surface area contributed by atoms with Gasteiger partial charge in [-0.3, -0.25) is 16.7 Å². The van der Waals surface area contributed by atoms with Gasteiger partial charge in [-0.2, -0.15) is 192 Å². The van der Waals surface area contributed by atoms with Crippen molar-refractivity contribution in [2.24, 2.45) is 0 Å². The normalized spacial score (nSPS) is 17.0. The van der Waals surface area contributed by atoms with Crippen molar-refractivity contribution in [3.63, 3.8) is 0 Å². The van der Waals surface area contributed by atoms with E-state index < -0.39 is 210 Å². The van der Waals surface area contributed by atoms with Gasteiger partial charge in [0.1, 0.15) is 12.2 Å². The molecule has 0 aromatic heterocycles. The van der Waals surface area contributed by atoms with Crippen molar-refractivity contribution in [1.29, 1.82) is 0 Å². The molecule has 0 aromatic carbocycles. The predicted octanol–water partition coefficient (Wildman–Crippen LogP) is 10.5. The van der Waals surface area contributed by atoms with E-state index in [1.54, 1.807) is 0 Å². The predicted molar refractivity (Wildman–Crippen MR) is 179 cm³/mol. The second-order valence-electron chi connectivity index (χ2n) is 15.3. The number of rotatable bonds is 31. The van der Waals surface area contributed by atoms with Gasteiger partial charge in [0.05, 0.1) is 36.2 Å². The summed E-state index contributed by atoms with van der Waals surface area (Å²) < 4.78 is 594. The zero-order valence-electron chi connectivity index (χ0n) is 36.4. The maximum absolute atomic E-state index is 14.2. The van der Waals surface area contributed by atoms with Crippen LogP contribution >= 0.6 is 0 Å². The Hall–Kier alpha value is -2.88. The molecule has 0 saturated carbocycles. The summed E-state index contributed by atoms with van der Waals surface area (Å²) in [6.07, 6.45) is -54.8. The molecule has 0 bridgehead atoms. The molecule has 482 valence electrons. The Kier molecular flexibility index (Phi) is 22.0. The lowest BCUT2D eigenvalue weighted by molar-refractivity contribution is -0.396. The quantitative estimate of drug-likeness (QED) is 0.0476. The average Bonchev–Trinajstić information content (AvgIpc) is 3.22. The molecule has 0 aliphatic rings. The largest absolute Gasteiger partial charge is 0.460 e. The molecule has 0 N–H and O–H groups in total. The Labute approximate surface area is 418 Å². The first-order valence-corrected chi connectivity index (χ1v) is 24.9. The van der Waals surface area contributed by atoms with Crippen molar-refractivity contribution in [2.75, 3.05) is 36.2 Å². The third-order valence-electron chi connectivity index (χ3n) is 9.28. The summed E-state index contributed by atoms with van der Waals surface area (Å²) in [4.78, 5) is 0. The Morgan fingerprint density at radius 2 is 0.388 bits per heavy atom. The van der Waals surface area contributed by atoms with E-state index in [1.807, 2.05) is 0 Å². The van der Waals surface area contributed by atoms with Crippen LogP contribution in [0, 0.1) is 0 Å². The highest BCUT2D eigenvalue weighted by atomic mass is 32.2. The standard InChI is InChI=1S/C28H22F36O12S4/c29-13(30,17(37,38)21(45,46)25(53,54)55)1-5-77(65,66)73-9-11(75-79(69,70)7-3-15(33,34)19(41,42)23(49,50)27(59,60)61)12(76-80(71,72)8-4-16(35,36)20(43,44)24(51,52)28(62,63)64)10-74-78(67,68)6-2-14(31,32)18(39,40)22(47,48)26(56,57)58/h11-12H,1-10H2. The molecule has 0 heterocycles. The molecule has 0 aliphatic heterocycles. The lowest BCUT2D eigenvalue weighted by Crippen LogP contribution is -2.61. The fourth-order valence-corrected chi connectivity index (χ4v) is 8.85. The minimum atomic E-state index is -7.96. The maximum atomic E-state index is 14.2. The van der Waals surface area contributed by atoms with Crippen LogP contribution in [-0.2, 0) is 57.2 Å². The van der Waals surface area contributed by atoms with Crippen molar-refractivity contribution < 1.29 is 208 Å². The van der Waals surface area contributed by atoms with E-state index in [2.05, 4.69) is 16.7 Å². The van der Waals surface area contributed by atoms with Gasteiger partial charge in [0.2, 0.25) is 0 Å². The molecule has 52 heteroatoms. The molecule has 0 fully saturated rings. The number of halogens is 36. The summed E-state index contributed by atoms with van der Waals surface area (Å²) >= 11 is 0. The van der Waals surface area contributed by atoms with Crippen LogP contribution in [0.1, 0.15) is 25.7 Å². The Morgan fingerprint density at radius 3 is 0.537 bits per heavy atom. The molecule has 0 rings (SSSR count). The van der Waals surface area contributed by atoms with Gasteiger partial charge in [0, 0.05) is 25.7 Å². The van der Waals surface area contributed by atoms with Gasteiger partial charge in [-0.1, -0.05) is 0 Å². The first-order valence-electron chi connectivity index (χ1n) is 18.6. The van der Waals surface area contributed by atoms with E-state index in [9.17, 15) is 192 Å². The second kappa shape index (κ2) is 22.8. The van der Waals surface area contributed by atoms with Crippen molar-refractivity contribution in [1.82, 2.24) is 0 Å². The summed E-state index contributed by atoms with van der Waals surface area (Å²) in [5.41, 5.74) is 0. The van der Waals surface area contributed by atoms with Crippen LogP contribution in [-0.4, -0.2) is 178 Å². The lowest BCUT2D eigenvalue weighted by atomic mass is 10.0. The molecule has 0 saturated heterocycles. The number of hydrogen-bond acceptors (Lipinski definition) is 12. The van der Waals surface area contributed by atoms with E-state index in [4.69, 9.17) is 0 Å². The average molecular weight is 1360 g/mol. The fourth-order valence-electron chi connectivity index (χ4n) is 4.60. The van der Waals surface area contributed by atoms with E-state index in [1.165, 1.54) is 0 Å². The van der Waals surface area contributed by atoms with Crippen molar-refractivity contribution >= 4 is 40.5 Å². The fraction of sp³-hybridized carbons (Fsp3) is 1.00. The van der Waals surface area contributed by atoms with Crippen LogP contribution in [0.5, 0.6) is 0 Å². The Bertz CT molecular complexity index is 2390. The van der Waals surface area contributed by atoms with Crippen molar-refractivity contribution in [2.45, 2.75) is 134 Å². The van der Waals surface area contributed by atoms with Gasteiger partial charge in [-0.05, 0) is 0 Å². The minimum absolute atomic E-state index is 3.28. The molecule has 0 amide bonds.